The van der Waals surface area contributed by atoms with Crippen LogP contribution in [0.25, 0.3) is 0 Å². The highest BCUT2D eigenvalue weighted by molar-refractivity contribution is 5.94. The lowest BCUT2D eigenvalue weighted by molar-refractivity contribution is 0.0867. The molecule has 5 heteroatoms. The van der Waals surface area contributed by atoms with Gasteiger partial charge in [0.2, 0.25) is 0 Å². The van der Waals surface area contributed by atoms with Gasteiger partial charge in [-0.25, -0.2) is 0 Å². The molecular formula is C13H19NO4. The van der Waals surface area contributed by atoms with Crippen LogP contribution in [0, 0.1) is 0 Å². The van der Waals surface area contributed by atoms with Crippen molar-refractivity contribution in [3.05, 3.63) is 29.8 Å². The topological polar surface area (TPSA) is 67.8 Å². The average molecular weight is 253 g/mol. The third kappa shape index (κ3) is 5.16. The fourth-order valence-corrected chi connectivity index (χ4v) is 1.41. The van der Waals surface area contributed by atoms with Crippen molar-refractivity contribution in [2.45, 2.75) is 6.42 Å². The minimum Gasteiger partial charge on any atom is -0.497 e. The summed E-state index contributed by atoms with van der Waals surface area (Å²) in [5, 5.41) is 11.3. The van der Waals surface area contributed by atoms with Gasteiger partial charge in [0.25, 0.3) is 5.91 Å². The molecule has 0 radical (unpaired) electrons. The first kappa shape index (κ1) is 14.5. The van der Waals surface area contributed by atoms with E-state index in [0.29, 0.717) is 31.1 Å². The number of rotatable bonds is 8. The number of hydrogen-bond acceptors (Lipinski definition) is 4. The van der Waals surface area contributed by atoms with Crippen LogP contribution in [0.2, 0.25) is 0 Å². The molecule has 1 amide bonds. The molecule has 1 aromatic rings. The fraction of sp³-hybridized carbons (Fsp3) is 0.462. The molecule has 18 heavy (non-hydrogen) atoms. The third-order valence-corrected chi connectivity index (χ3v) is 2.32. The molecule has 5 nitrogen and oxygen atoms in total. The first-order valence-corrected chi connectivity index (χ1v) is 5.88. The zero-order chi connectivity index (χ0) is 13.2. The van der Waals surface area contributed by atoms with Gasteiger partial charge in [0.15, 0.2) is 0 Å². The Labute approximate surface area is 107 Å². The molecule has 0 atom stereocenters. The number of aliphatic hydroxyl groups excluding tert-OH is 1. The Morgan fingerprint density at radius 2 is 2.22 bits per heavy atom. The monoisotopic (exact) mass is 253 g/mol. The summed E-state index contributed by atoms with van der Waals surface area (Å²) in [5.41, 5.74) is 0.575. The van der Waals surface area contributed by atoms with E-state index in [4.69, 9.17) is 14.6 Å². The average Bonchev–Trinajstić information content (AvgIpc) is 2.42. The molecule has 0 aromatic heterocycles. The lowest BCUT2D eigenvalue weighted by atomic mass is 10.2. The Balaban J connectivity index is 2.27. The van der Waals surface area contributed by atoms with Crippen molar-refractivity contribution in [1.82, 2.24) is 5.32 Å². The molecule has 1 aromatic carbocycles. The molecular weight excluding hydrogens is 234 g/mol. The molecule has 1 rings (SSSR count). The smallest absolute Gasteiger partial charge is 0.251 e. The number of carbonyl (C=O) groups excluding carboxylic acids is 1. The molecule has 100 valence electrons. The van der Waals surface area contributed by atoms with Gasteiger partial charge in [-0.05, 0) is 24.6 Å². The summed E-state index contributed by atoms with van der Waals surface area (Å²) in [6.45, 7) is 1.43. The van der Waals surface area contributed by atoms with Crippen LogP contribution in [0.5, 0.6) is 5.75 Å². The maximum Gasteiger partial charge on any atom is 0.251 e. The predicted octanol–water partition coefficient (Wildman–Crippen LogP) is 0.824. The Morgan fingerprint density at radius 3 is 2.94 bits per heavy atom. The second kappa shape index (κ2) is 8.49. The van der Waals surface area contributed by atoms with Gasteiger partial charge in [-0.2, -0.15) is 0 Å². The van der Waals surface area contributed by atoms with Crippen molar-refractivity contribution in [3.63, 3.8) is 0 Å². The predicted molar refractivity (Wildman–Crippen MR) is 67.8 cm³/mol. The minimum atomic E-state index is -0.129. The Bertz CT molecular complexity index is 368. The zero-order valence-electron chi connectivity index (χ0n) is 10.5. The Morgan fingerprint density at radius 1 is 1.39 bits per heavy atom. The Hall–Kier alpha value is -1.59. The lowest BCUT2D eigenvalue weighted by Gasteiger charge is -2.06. The van der Waals surface area contributed by atoms with Crippen molar-refractivity contribution in [1.29, 1.82) is 0 Å². The normalized spacial score (nSPS) is 10.1. The maximum atomic E-state index is 11.8. The van der Waals surface area contributed by atoms with Gasteiger partial charge in [0.1, 0.15) is 5.75 Å². The molecule has 0 fully saturated rings. The fourth-order valence-electron chi connectivity index (χ4n) is 1.41. The molecule has 0 aliphatic carbocycles. The van der Waals surface area contributed by atoms with Crippen molar-refractivity contribution in [2.24, 2.45) is 0 Å². The van der Waals surface area contributed by atoms with E-state index in [-0.39, 0.29) is 12.5 Å². The number of benzene rings is 1. The van der Waals surface area contributed by atoms with Gasteiger partial charge < -0.3 is 19.9 Å². The van der Waals surface area contributed by atoms with Crippen LogP contribution in [0.3, 0.4) is 0 Å². The van der Waals surface area contributed by atoms with Crippen LogP contribution in [0.1, 0.15) is 16.8 Å². The van der Waals surface area contributed by atoms with E-state index in [9.17, 15) is 4.79 Å². The molecule has 0 aliphatic heterocycles. The standard InChI is InChI=1S/C13H19NO4/c1-17-12-5-2-4-11(10-12)13(16)14-6-3-8-18-9-7-15/h2,4-5,10,15H,3,6-9H2,1H3,(H,14,16). The summed E-state index contributed by atoms with van der Waals surface area (Å²) >= 11 is 0. The van der Waals surface area contributed by atoms with Crippen molar-refractivity contribution >= 4 is 5.91 Å². The number of hydrogen-bond donors (Lipinski definition) is 2. The van der Waals surface area contributed by atoms with Gasteiger partial charge >= 0.3 is 0 Å². The molecule has 0 saturated carbocycles. The van der Waals surface area contributed by atoms with Crippen LogP contribution in [0.4, 0.5) is 0 Å². The quantitative estimate of drug-likeness (QED) is 0.673. The summed E-state index contributed by atoms with van der Waals surface area (Å²) in [5.74, 6) is 0.532. The summed E-state index contributed by atoms with van der Waals surface area (Å²) in [6, 6.07) is 7.00. The Kier molecular flexibility index (Phi) is 6.83. The van der Waals surface area contributed by atoms with E-state index >= 15 is 0 Å². The number of carbonyl (C=O) groups is 1. The molecule has 0 spiro atoms. The highest BCUT2D eigenvalue weighted by Gasteiger charge is 2.05. The SMILES string of the molecule is COc1cccc(C(=O)NCCCOCCO)c1. The lowest BCUT2D eigenvalue weighted by Crippen LogP contribution is -2.25. The molecule has 2 N–H and O–H groups in total. The van der Waals surface area contributed by atoms with Crippen LogP contribution in [0.15, 0.2) is 24.3 Å². The van der Waals surface area contributed by atoms with Crippen molar-refractivity contribution < 1.29 is 19.4 Å². The van der Waals surface area contributed by atoms with Gasteiger partial charge in [-0.1, -0.05) is 6.07 Å². The van der Waals surface area contributed by atoms with Crippen LogP contribution in [-0.4, -0.2) is 44.5 Å². The zero-order valence-corrected chi connectivity index (χ0v) is 10.5. The maximum absolute atomic E-state index is 11.8. The first-order chi connectivity index (χ1) is 8.77. The van der Waals surface area contributed by atoms with Crippen LogP contribution >= 0.6 is 0 Å². The summed E-state index contributed by atoms with van der Waals surface area (Å²) in [7, 11) is 1.56. The highest BCUT2D eigenvalue weighted by Crippen LogP contribution is 2.12. The second-order valence-corrected chi connectivity index (χ2v) is 3.68. The largest absolute Gasteiger partial charge is 0.497 e. The van der Waals surface area contributed by atoms with E-state index in [2.05, 4.69) is 5.32 Å². The van der Waals surface area contributed by atoms with E-state index < -0.39 is 0 Å². The number of ether oxygens (including phenoxy) is 2. The molecule has 0 aliphatic rings. The highest BCUT2D eigenvalue weighted by atomic mass is 16.5. The molecule has 0 heterocycles. The first-order valence-electron chi connectivity index (χ1n) is 5.88. The number of amides is 1. The van der Waals surface area contributed by atoms with Crippen LogP contribution in [-0.2, 0) is 4.74 Å². The van der Waals surface area contributed by atoms with Gasteiger partial charge in [0, 0.05) is 18.7 Å². The summed E-state index contributed by atoms with van der Waals surface area (Å²) in [6.07, 6.45) is 0.718. The molecule has 0 unspecified atom stereocenters. The van der Waals surface area contributed by atoms with Gasteiger partial charge in [-0.3, -0.25) is 4.79 Å². The van der Waals surface area contributed by atoms with Crippen molar-refractivity contribution in [3.8, 4) is 5.75 Å². The third-order valence-electron chi connectivity index (χ3n) is 2.32. The van der Waals surface area contributed by atoms with E-state index in [1.165, 1.54) is 0 Å². The molecule has 0 bridgehead atoms. The van der Waals surface area contributed by atoms with E-state index in [1.54, 1.807) is 31.4 Å². The van der Waals surface area contributed by atoms with Gasteiger partial charge in [-0.15, -0.1) is 0 Å². The van der Waals surface area contributed by atoms with Crippen molar-refractivity contribution in [2.75, 3.05) is 33.5 Å². The molecule has 0 saturated heterocycles. The van der Waals surface area contributed by atoms with Crippen LogP contribution < -0.4 is 10.1 Å². The summed E-state index contributed by atoms with van der Waals surface area (Å²) in [4.78, 5) is 11.8. The number of methoxy groups -OCH3 is 1. The van der Waals surface area contributed by atoms with Gasteiger partial charge in [0.05, 0.1) is 20.3 Å². The number of nitrogens with one attached hydrogen (secondary N) is 1. The number of aliphatic hydroxyl groups is 1. The minimum absolute atomic E-state index is 0.0240. The van der Waals surface area contributed by atoms with E-state index in [0.717, 1.165) is 6.42 Å². The second-order valence-electron chi connectivity index (χ2n) is 3.68. The van der Waals surface area contributed by atoms with E-state index in [1.807, 2.05) is 0 Å². The summed E-state index contributed by atoms with van der Waals surface area (Å²) < 4.78 is 10.1.